The van der Waals surface area contributed by atoms with E-state index in [2.05, 4.69) is 25.7 Å². The molecule has 27 heavy (non-hydrogen) atoms. The Morgan fingerprint density at radius 3 is 2.78 bits per heavy atom. The van der Waals surface area contributed by atoms with Gasteiger partial charge in [-0.2, -0.15) is 4.98 Å². The van der Waals surface area contributed by atoms with Crippen molar-refractivity contribution < 1.29 is 13.7 Å². The van der Waals surface area contributed by atoms with E-state index in [9.17, 15) is 9.18 Å². The van der Waals surface area contributed by atoms with Crippen LogP contribution >= 0.6 is 0 Å². The molecule has 1 aliphatic rings. The third-order valence-corrected chi connectivity index (χ3v) is 4.55. The highest BCUT2D eigenvalue weighted by molar-refractivity contribution is 5.75. The highest BCUT2D eigenvalue weighted by atomic mass is 19.1. The Balaban J connectivity index is 1.30. The number of hydrogen-bond acceptors (Lipinski definition) is 6. The van der Waals surface area contributed by atoms with Gasteiger partial charge in [0, 0.05) is 51.1 Å². The summed E-state index contributed by atoms with van der Waals surface area (Å²) in [4.78, 5) is 18.6. The molecule has 0 atom stereocenters. The predicted molar refractivity (Wildman–Crippen MR) is 99.6 cm³/mol. The van der Waals surface area contributed by atoms with E-state index in [1.807, 2.05) is 0 Å². The Kier molecular flexibility index (Phi) is 7.29. The van der Waals surface area contributed by atoms with E-state index in [0.717, 1.165) is 39.1 Å². The summed E-state index contributed by atoms with van der Waals surface area (Å²) in [5, 5.41) is 10.2. The van der Waals surface area contributed by atoms with Gasteiger partial charge in [0.05, 0.1) is 0 Å². The van der Waals surface area contributed by atoms with Crippen LogP contribution in [0.4, 0.5) is 4.39 Å². The highest BCUT2D eigenvalue weighted by Crippen LogP contribution is 2.16. The third-order valence-electron chi connectivity index (χ3n) is 4.55. The van der Waals surface area contributed by atoms with Crippen LogP contribution in [0.5, 0.6) is 0 Å². The van der Waals surface area contributed by atoms with Crippen molar-refractivity contribution in [2.75, 3.05) is 39.3 Å². The zero-order valence-electron chi connectivity index (χ0n) is 15.4. The lowest BCUT2D eigenvalue weighted by atomic mass is 10.2. The lowest BCUT2D eigenvalue weighted by Crippen LogP contribution is -2.44. The number of halogens is 1. The number of piperazine rings is 1. The number of nitrogens with zero attached hydrogens (tertiary/aromatic N) is 3. The quantitative estimate of drug-likeness (QED) is 0.648. The van der Waals surface area contributed by atoms with Gasteiger partial charge in [0.25, 0.3) is 0 Å². The second kappa shape index (κ2) is 10.1. The van der Waals surface area contributed by atoms with E-state index in [0.29, 0.717) is 43.1 Å². The molecule has 1 saturated heterocycles. The molecule has 2 N–H and O–H groups in total. The van der Waals surface area contributed by atoms with Gasteiger partial charge in [0.15, 0.2) is 0 Å². The first-order chi connectivity index (χ1) is 13.2. The molecule has 7 nitrogen and oxygen atoms in total. The molecule has 0 bridgehead atoms. The van der Waals surface area contributed by atoms with Crippen molar-refractivity contribution in [2.45, 2.75) is 25.7 Å². The molecule has 0 aliphatic carbocycles. The van der Waals surface area contributed by atoms with Crippen molar-refractivity contribution in [1.29, 1.82) is 0 Å². The van der Waals surface area contributed by atoms with Crippen molar-refractivity contribution in [3.8, 4) is 11.4 Å². The van der Waals surface area contributed by atoms with Crippen molar-refractivity contribution in [1.82, 2.24) is 25.7 Å². The number of nitrogens with one attached hydrogen (secondary N) is 2. The average Bonchev–Trinajstić information content (AvgIpc) is 3.15. The van der Waals surface area contributed by atoms with Crippen LogP contribution in [0, 0.1) is 5.82 Å². The highest BCUT2D eigenvalue weighted by Gasteiger charge is 2.11. The first-order valence-electron chi connectivity index (χ1n) is 9.49. The third kappa shape index (κ3) is 6.41. The SMILES string of the molecule is O=C(CCCc1nc(-c2ccc(F)cc2)no1)NCCCN1CCNCC1. The number of benzene rings is 1. The molecule has 146 valence electrons. The van der Waals surface area contributed by atoms with Crippen molar-refractivity contribution in [3.05, 3.63) is 36.0 Å². The van der Waals surface area contributed by atoms with Crippen LogP contribution in [0.3, 0.4) is 0 Å². The van der Waals surface area contributed by atoms with E-state index in [-0.39, 0.29) is 11.7 Å². The van der Waals surface area contributed by atoms with E-state index in [4.69, 9.17) is 4.52 Å². The predicted octanol–water partition coefficient (Wildman–Crippen LogP) is 1.61. The molecular weight excluding hydrogens is 349 g/mol. The Bertz CT molecular complexity index is 713. The number of aryl methyl sites for hydroxylation is 1. The van der Waals surface area contributed by atoms with Crippen LogP contribution in [0.15, 0.2) is 28.8 Å². The van der Waals surface area contributed by atoms with Crippen LogP contribution in [-0.2, 0) is 11.2 Å². The minimum atomic E-state index is -0.304. The van der Waals surface area contributed by atoms with E-state index in [1.54, 1.807) is 12.1 Å². The lowest BCUT2D eigenvalue weighted by molar-refractivity contribution is -0.121. The Morgan fingerprint density at radius 2 is 2.00 bits per heavy atom. The molecule has 0 saturated carbocycles. The Morgan fingerprint density at radius 1 is 1.22 bits per heavy atom. The molecule has 8 heteroatoms. The first kappa shape index (κ1) is 19.4. The van der Waals surface area contributed by atoms with Gasteiger partial charge in [-0.1, -0.05) is 5.16 Å². The normalized spacial score (nSPS) is 15.0. The van der Waals surface area contributed by atoms with Crippen LogP contribution in [0.2, 0.25) is 0 Å². The molecule has 1 aromatic carbocycles. The first-order valence-corrected chi connectivity index (χ1v) is 9.49. The Hall–Kier alpha value is -2.32. The fourth-order valence-electron chi connectivity index (χ4n) is 3.03. The molecule has 0 unspecified atom stereocenters. The molecule has 1 aromatic heterocycles. The summed E-state index contributed by atoms with van der Waals surface area (Å²) >= 11 is 0. The van der Waals surface area contributed by atoms with Gasteiger partial charge in [-0.3, -0.25) is 4.79 Å². The van der Waals surface area contributed by atoms with Gasteiger partial charge in [-0.05, 0) is 43.7 Å². The van der Waals surface area contributed by atoms with Gasteiger partial charge in [-0.25, -0.2) is 4.39 Å². The van der Waals surface area contributed by atoms with Gasteiger partial charge >= 0.3 is 0 Å². The fourth-order valence-corrected chi connectivity index (χ4v) is 3.03. The zero-order chi connectivity index (χ0) is 18.9. The van der Waals surface area contributed by atoms with Crippen molar-refractivity contribution in [2.24, 2.45) is 0 Å². The van der Waals surface area contributed by atoms with Crippen molar-refractivity contribution in [3.63, 3.8) is 0 Å². The smallest absolute Gasteiger partial charge is 0.226 e. The van der Waals surface area contributed by atoms with Crippen molar-refractivity contribution >= 4 is 5.91 Å². The van der Waals surface area contributed by atoms with Gasteiger partial charge < -0.3 is 20.1 Å². The number of rotatable bonds is 9. The fraction of sp³-hybridized carbons (Fsp3) is 0.526. The standard InChI is InChI=1S/C19H26FN5O2/c20-16-7-5-15(6-8-16)19-23-18(27-24-19)4-1-3-17(26)22-9-2-12-25-13-10-21-11-14-25/h5-8,21H,1-4,9-14H2,(H,22,26). The summed E-state index contributed by atoms with van der Waals surface area (Å²) in [7, 11) is 0. The molecule has 2 aromatic rings. The van der Waals surface area contributed by atoms with Gasteiger partial charge in [-0.15, -0.1) is 0 Å². The maximum Gasteiger partial charge on any atom is 0.226 e. The average molecular weight is 375 g/mol. The molecule has 1 amide bonds. The summed E-state index contributed by atoms with van der Waals surface area (Å²) < 4.78 is 18.1. The summed E-state index contributed by atoms with van der Waals surface area (Å²) in [6, 6.07) is 5.94. The monoisotopic (exact) mass is 375 g/mol. The number of hydrogen-bond donors (Lipinski definition) is 2. The zero-order valence-corrected chi connectivity index (χ0v) is 15.4. The molecule has 2 heterocycles. The molecule has 1 fully saturated rings. The topological polar surface area (TPSA) is 83.3 Å². The van der Waals surface area contributed by atoms with E-state index in [1.165, 1.54) is 12.1 Å². The van der Waals surface area contributed by atoms with Crippen LogP contribution in [0.1, 0.15) is 25.2 Å². The van der Waals surface area contributed by atoms with E-state index < -0.39 is 0 Å². The minimum Gasteiger partial charge on any atom is -0.356 e. The summed E-state index contributed by atoms with van der Waals surface area (Å²) in [5.41, 5.74) is 0.702. The number of aromatic nitrogens is 2. The maximum atomic E-state index is 12.9. The van der Waals surface area contributed by atoms with Crippen LogP contribution < -0.4 is 10.6 Å². The van der Waals surface area contributed by atoms with Crippen LogP contribution in [-0.4, -0.2) is 60.2 Å². The largest absolute Gasteiger partial charge is 0.356 e. The second-order valence-electron chi connectivity index (χ2n) is 6.67. The molecule has 0 spiro atoms. The minimum absolute atomic E-state index is 0.0496. The second-order valence-corrected chi connectivity index (χ2v) is 6.67. The van der Waals surface area contributed by atoms with E-state index >= 15 is 0 Å². The van der Waals surface area contributed by atoms with Gasteiger partial charge in [0.1, 0.15) is 5.82 Å². The summed E-state index contributed by atoms with van der Waals surface area (Å²) in [6.07, 6.45) is 2.59. The number of carbonyl (C=O) groups is 1. The lowest BCUT2D eigenvalue weighted by Gasteiger charge is -2.27. The maximum absolute atomic E-state index is 12.9. The summed E-state index contributed by atoms with van der Waals surface area (Å²) in [5.74, 6) is 0.665. The molecule has 3 rings (SSSR count). The van der Waals surface area contributed by atoms with Gasteiger partial charge in [0.2, 0.25) is 17.6 Å². The Labute approximate surface area is 158 Å². The molecule has 0 radical (unpaired) electrons. The number of carbonyl (C=O) groups excluding carboxylic acids is 1. The summed E-state index contributed by atoms with van der Waals surface area (Å²) in [6.45, 7) is 5.99. The number of amides is 1. The molecule has 1 aliphatic heterocycles. The van der Waals surface area contributed by atoms with Crippen LogP contribution in [0.25, 0.3) is 11.4 Å². The molecular formula is C19H26FN5O2.